The second-order valence-corrected chi connectivity index (χ2v) is 7.06. The summed E-state index contributed by atoms with van der Waals surface area (Å²) in [6.07, 6.45) is 1.55. The van der Waals surface area contributed by atoms with Gasteiger partial charge in [-0.2, -0.15) is 0 Å². The quantitative estimate of drug-likeness (QED) is 0.548. The minimum absolute atomic E-state index is 0.410. The van der Waals surface area contributed by atoms with Gasteiger partial charge in [0.05, 0.1) is 17.9 Å². The number of halogens is 1. The van der Waals surface area contributed by atoms with Gasteiger partial charge in [0.1, 0.15) is 5.75 Å². The molecule has 4 nitrogen and oxygen atoms in total. The van der Waals surface area contributed by atoms with E-state index in [0.29, 0.717) is 18.7 Å². The van der Waals surface area contributed by atoms with Gasteiger partial charge in [0.2, 0.25) is 0 Å². The predicted molar refractivity (Wildman–Crippen MR) is 104 cm³/mol. The molecule has 0 aromatic heterocycles. The molecule has 0 saturated carbocycles. The molecule has 1 aliphatic heterocycles. The van der Waals surface area contributed by atoms with E-state index in [2.05, 4.69) is 0 Å². The van der Waals surface area contributed by atoms with Gasteiger partial charge in [0.25, 0.3) is 11.7 Å². The Kier molecular flexibility index (Phi) is 5.33. The lowest BCUT2D eigenvalue weighted by Crippen LogP contribution is -2.31. The van der Waals surface area contributed by atoms with Crippen molar-refractivity contribution in [3.63, 3.8) is 0 Å². The van der Waals surface area contributed by atoms with Crippen molar-refractivity contribution in [2.45, 2.75) is 33.6 Å². The highest BCUT2D eigenvalue weighted by molar-refractivity contribution is 6.52. The number of amides is 1. The molecule has 0 bridgehead atoms. The maximum atomic E-state index is 12.2. The number of ketones is 1. The topological polar surface area (TPSA) is 46.6 Å². The molecule has 26 heavy (non-hydrogen) atoms. The molecule has 136 valence electrons. The number of Topliss-reactive ketones (excluding diaryl/α,β-unsaturated/α-hetero) is 1. The zero-order chi connectivity index (χ0) is 18.8. The van der Waals surface area contributed by atoms with E-state index in [1.54, 1.807) is 11.0 Å². The Morgan fingerprint density at radius 2 is 1.69 bits per heavy atom. The molecule has 3 rings (SSSR count). The number of aryl methyl sites for hydroxylation is 3. The molecular formula is C21H22ClNO3. The van der Waals surface area contributed by atoms with E-state index in [4.69, 9.17) is 16.3 Å². The lowest BCUT2D eigenvalue weighted by molar-refractivity contribution is -0.114. The lowest BCUT2D eigenvalue weighted by Gasteiger charge is -2.18. The number of fused-ring (bicyclic) bond motifs is 1. The summed E-state index contributed by atoms with van der Waals surface area (Å²) in [5, 5.41) is 0.767. The Balaban J connectivity index is 1.55. The molecule has 2 aromatic rings. The van der Waals surface area contributed by atoms with Crippen molar-refractivity contribution in [3.05, 3.63) is 57.6 Å². The minimum Gasteiger partial charge on any atom is -0.494 e. The molecule has 1 amide bonds. The highest BCUT2D eigenvalue weighted by atomic mass is 35.5. The van der Waals surface area contributed by atoms with E-state index in [-0.39, 0.29) is 0 Å². The number of benzene rings is 2. The summed E-state index contributed by atoms with van der Waals surface area (Å²) in [5.74, 6) is -0.0377. The number of para-hydroxylation sites is 1. The Hall–Kier alpha value is -2.33. The smallest absolute Gasteiger partial charge is 0.299 e. The highest BCUT2D eigenvalue weighted by Gasteiger charge is 2.36. The van der Waals surface area contributed by atoms with Crippen LogP contribution < -0.4 is 9.64 Å². The predicted octanol–water partition coefficient (Wildman–Crippen LogP) is 4.65. The Labute approximate surface area is 158 Å². The van der Waals surface area contributed by atoms with Crippen LogP contribution in [0.1, 0.15) is 39.9 Å². The minimum atomic E-state index is -0.431. The Morgan fingerprint density at radius 3 is 2.38 bits per heavy atom. The van der Waals surface area contributed by atoms with Gasteiger partial charge in [-0.15, -0.1) is 0 Å². The summed E-state index contributed by atoms with van der Waals surface area (Å²) in [5.41, 5.74) is 4.21. The average molecular weight is 372 g/mol. The summed E-state index contributed by atoms with van der Waals surface area (Å²) < 4.78 is 5.80. The normalized spacial score (nSPS) is 13.3. The Morgan fingerprint density at radius 1 is 1.00 bits per heavy atom. The van der Waals surface area contributed by atoms with Crippen molar-refractivity contribution in [2.24, 2.45) is 0 Å². The molecule has 0 unspecified atom stereocenters. The summed E-state index contributed by atoms with van der Waals surface area (Å²) in [6.45, 7) is 6.91. The first-order valence-electron chi connectivity index (χ1n) is 8.75. The third kappa shape index (κ3) is 3.47. The number of carbonyl (C=O) groups excluding carboxylic acids is 2. The molecule has 1 heterocycles. The van der Waals surface area contributed by atoms with Crippen molar-refractivity contribution in [1.82, 2.24) is 0 Å². The van der Waals surface area contributed by atoms with Gasteiger partial charge in [0, 0.05) is 11.6 Å². The first-order chi connectivity index (χ1) is 12.4. The second-order valence-electron chi connectivity index (χ2n) is 6.68. The monoisotopic (exact) mass is 371 g/mol. The summed E-state index contributed by atoms with van der Waals surface area (Å²) in [6, 6.07) is 9.31. The van der Waals surface area contributed by atoms with Gasteiger partial charge in [0.15, 0.2) is 0 Å². The van der Waals surface area contributed by atoms with Gasteiger partial charge in [-0.3, -0.25) is 9.59 Å². The molecule has 0 atom stereocenters. The summed E-state index contributed by atoms with van der Waals surface area (Å²) >= 11 is 6.17. The van der Waals surface area contributed by atoms with E-state index in [0.717, 1.165) is 46.0 Å². The summed E-state index contributed by atoms with van der Waals surface area (Å²) in [7, 11) is 0. The number of anilines is 1. The van der Waals surface area contributed by atoms with Crippen LogP contribution in [0.2, 0.25) is 5.02 Å². The van der Waals surface area contributed by atoms with Crippen LogP contribution in [-0.2, 0) is 4.79 Å². The van der Waals surface area contributed by atoms with Crippen LogP contribution in [0, 0.1) is 20.8 Å². The highest BCUT2D eigenvalue weighted by Crippen LogP contribution is 2.32. The fourth-order valence-corrected chi connectivity index (χ4v) is 3.41. The fourth-order valence-electron chi connectivity index (χ4n) is 3.30. The number of nitrogens with zero attached hydrogens (tertiary/aromatic N) is 1. The van der Waals surface area contributed by atoms with Crippen LogP contribution in [0.3, 0.4) is 0 Å². The van der Waals surface area contributed by atoms with Crippen molar-refractivity contribution >= 4 is 29.0 Å². The number of carbonyl (C=O) groups is 2. The SMILES string of the molecule is Cc1cc(OCCCCN2C(=O)C(=O)c3cccc(C)c32)cc(C)c1Cl. The fraction of sp³-hybridized carbons (Fsp3) is 0.333. The van der Waals surface area contributed by atoms with E-state index in [1.807, 2.05) is 45.0 Å². The third-order valence-corrected chi connectivity index (χ3v) is 5.24. The zero-order valence-corrected chi connectivity index (χ0v) is 16.0. The van der Waals surface area contributed by atoms with Gasteiger partial charge in [-0.05, 0) is 68.5 Å². The van der Waals surface area contributed by atoms with Gasteiger partial charge in [-0.25, -0.2) is 0 Å². The van der Waals surface area contributed by atoms with Crippen LogP contribution in [0.4, 0.5) is 5.69 Å². The van der Waals surface area contributed by atoms with Crippen molar-refractivity contribution < 1.29 is 14.3 Å². The first kappa shape index (κ1) is 18.5. The number of rotatable bonds is 6. The van der Waals surface area contributed by atoms with Gasteiger partial charge in [-0.1, -0.05) is 23.7 Å². The second kappa shape index (κ2) is 7.50. The van der Waals surface area contributed by atoms with Crippen LogP contribution in [0.25, 0.3) is 0 Å². The lowest BCUT2D eigenvalue weighted by atomic mass is 10.1. The molecule has 2 aromatic carbocycles. The van der Waals surface area contributed by atoms with Crippen LogP contribution in [-0.4, -0.2) is 24.8 Å². The zero-order valence-electron chi connectivity index (χ0n) is 15.3. The Bertz CT molecular complexity index is 853. The van der Waals surface area contributed by atoms with Crippen molar-refractivity contribution in [2.75, 3.05) is 18.1 Å². The van der Waals surface area contributed by atoms with Crippen molar-refractivity contribution in [1.29, 1.82) is 0 Å². The van der Waals surface area contributed by atoms with Crippen LogP contribution >= 0.6 is 11.6 Å². The number of hydrogen-bond acceptors (Lipinski definition) is 3. The first-order valence-corrected chi connectivity index (χ1v) is 9.13. The van der Waals surface area contributed by atoms with E-state index < -0.39 is 11.7 Å². The maximum absolute atomic E-state index is 12.2. The third-order valence-electron chi connectivity index (χ3n) is 4.65. The number of unbranched alkanes of at least 4 members (excludes halogenated alkanes) is 1. The standard InChI is InChI=1S/C21H22ClNO3/c1-13-7-6-8-17-19(13)23(21(25)20(17)24)9-4-5-10-26-16-11-14(2)18(22)15(3)12-16/h6-8,11-12H,4-5,9-10H2,1-3H3. The average Bonchev–Trinajstić information content (AvgIpc) is 2.85. The number of ether oxygens (including phenoxy) is 1. The van der Waals surface area contributed by atoms with E-state index >= 15 is 0 Å². The molecule has 0 radical (unpaired) electrons. The molecular weight excluding hydrogens is 350 g/mol. The molecule has 0 N–H and O–H groups in total. The van der Waals surface area contributed by atoms with E-state index in [1.165, 1.54) is 0 Å². The molecule has 0 saturated heterocycles. The summed E-state index contributed by atoms with van der Waals surface area (Å²) in [4.78, 5) is 25.9. The maximum Gasteiger partial charge on any atom is 0.299 e. The van der Waals surface area contributed by atoms with E-state index in [9.17, 15) is 9.59 Å². The largest absolute Gasteiger partial charge is 0.494 e. The molecule has 0 aliphatic carbocycles. The van der Waals surface area contributed by atoms with Gasteiger partial charge >= 0.3 is 0 Å². The number of hydrogen-bond donors (Lipinski definition) is 0. The molecule has 0 fully saturated rings. The van der Waals surface area contributed by atoms with Crippen LogP contribution in [0.15, 0.2) is 30.3 Å². The molecule has 0 spiro atoms. The van der Waals surface area contributed by atoms with Crippen LogP contribution in [0.5, 0.6) is 5.75 Å². The molecule has 1 aliphatic rings. The molecule has 5 heteroatoms. The van der Waals surface area contributed by atoms with Gasteiger partial charge < -0.3 is 9.64 Å². The van der Waals surface area contributed by atoms with Crippen molar-refractivity contribution in [3.8, 4) is 5.75 Å².